The molecule has 0 aliphatic heterocycles. The average Bonchev–Trinajstić information content (AvgIpc) is 2.60. The van der Waals surface area contributed by atoms with Gasteiger partial charge in [-0.2, -0.15) is 18.2 Å². The van der Waals surface area contributed by atoms with Crippen LogP contribution in [0.15, 0.2) is 54.6 Å². The summed E-state index contributed by atoms with van der Waals surface area (Å²) in [6, 6.07) is 15.0. The number of para-hydroxylation sites is 1. The topological polar surface area (TPSA) is 49.8 Å². The van der Waals surface area contributed by atoms with Crippen molar-refractivity contribution in [2.45, 2.75) is 26.6 Å². The summed E-state index contributed by atoms with van der Waals surface area (Å²) >= 11 is 0. The molecular formula is C20H19F3N4. The van der Waals surface area contributed by atoms with E-state index < -0.39 is 11.7 Å². The Morgan fingerprint density at radius 2 is 1.63 bits per heavy atom. The molecule has 140 valence electrons. The summed E-state index contributed by atoms with van der Waals surface area (Å²) in [5, 5.41) is 5.89. The molecule has 0 fully saturated rings. The monoisotopic (exact) mass is 372 g/mol. The van der Waals surface area contributed by atoms with Gasteiger partial charge in [-0.05, 0) is 37.1 Å². The van der Waals surface area contributed by atoms with Crippen molar-refractivity contribution in [3.63, 3.8) is 0 Å². The van der Waals surface area contributed by atoms with E-state index in [1.54, 1.807) is 13.0 Å². The highest BCUT2D eigenvalue weighted by atomic mass is 19.4. The first-order valence-electron chi connectivity index (χ1n) is 8.40. The molecule has 2 N–H and O–H groups in total. The maximum atomic E-state index is 13.2. The lowest BCUT2D eigenvalue weighted by atomic mass is 10.1. The van der Waals surface area contributed by atoms with Crippen molar-refractivity contribution in [2.24, 2.45) is 0 Å². The fourth-order valence-electron chi connectivity index (χ4n) is 2.67. The third kappa shape index (κ3) is 4.75. The predicted molar refractivity (Wildman–Crippen MR) is 100 cm³/mol. The second-order valence-electron chi connectivity index (χ2n) is 6.17. The van der Waals surface area contributed by atoms with Gasteiger partial charge in [-0.15, -0.1) is 0 Å². The van der Waals surface area contributed by atoms with Crippen LogP contribution in [0.5, 0.6) is 0 Å². The number of nitrogens with one attached hydrogen (secondary N) is 2. The molecule has 4 nitrogen and oxygen atoms in total. The van der Waals surface area contributed by atoms with Crippen LogP contribution in [-0.2, 0) is 12.7 Å². The van der Waals surface area contributed by atoms with Gasteiger partial charge in [0.15, 0.2) is 0 Å². The van der Waals surface area contributed by atoms with Crippen LogP contribution in [0.3, 0.4) is 0 Å². The van der Waals surface area contributed by atoms with Gasteiger partial charge in [0.25, 0.3) is 0 Å². The lowest BCUT2D eigenvalue weighted by Crippen LogP contribution is -2.10. The standard InChI is InChI=1S/C20H19F3N4/c1-13-7-3-4-8-15(13)12-24-18-11-14(2)25-19(27-18)26-17-10-6-5-9-16(17)20(21,22)23/h3-11H,12H2,1-2H3,(H2,24,25,26,27). The normalized spacial score (nSPS) is 11.3. The number of aromatic nitrogens is 2. The van der Waals surface area contributed by atoms with Crippen molar-refractivity contribution in [2.75, 3.05) is 10.6 Å². The van der Waals surface area contributed by atoms with E-state index >= 15 is 0 Å². The van der Waals surface area contributed by atoms with E-state index in [-0.39, 0.29) is 11.6 Å². The van der Waals surface area contributed by atoms with Crippen LogP contribution in [0.4, 0.5) is 30.6 Å². The second kappa shape index (κ2) is 7.65. The molecule has 0 amide bonds. The molecule has 0 bridgehead atoms. The van der Waals surface area contributed by atoms with E-state index in [1.165, 1.54) is 18.2 Å². The number of rotatable bonds is 5. The Bertz CT molecular complexity index is 939. The Balaban J connectivity index is 1.81. The van der Waals surface area contributed by atoms with Crippen LogP contribution >= 0.6 is 0 Å². The van der Waals surface area contributed by atoms with Crippen molar-refractivity contribution in [1.29, 1.82) is 0 Å². The number of anilines is 3. The number of aryl methyl sites for hydroxylation is 2. The Kier molecular flexibility index (Phi) is 5.30. The zero-order valence-electron chi connectivity index (χ0n) is 14.9. The Labute approximate surface area is 155 Å². The van der Waals surface area contributed by atoms with Crippen LogP contribution in [0, 0.1) is 13.8 Å². The molecule has 2 aromatic carbocycles. The van der Waals surface area contributed by atoms with Gasteiger partial charge >= 0.3 is 6.18 Å². The third-order valence-corrected chi connectivity index (χ3v) is 4.05. The summed E-state index contributed by atoms with van der Waals surface area (Å²) in [6.07, 6.45) is -4.46. The summed E-state index contributed by atoms with van der Waals surface area (Å²) in [5.74, 6) is 0.650. The highest BCUT2D eigenvalue weighted by Crippen LogP contribution is 2.35. The van der Waals surface area contributed by atoms with Gasteiger partial charge in [0.05, 0.1) is 11.3 Å². The highest BCUT2D eigenvalue weighted by Gasteiger charge is 2.33. The highest BCUT2D eigenvalue weighted by molar-refractivity contribution is 5.60. The number of alkyl halides is 3. The lowest BCUT2D eigenvalue weighted by molar-refractivity contribution is -0.136. The van der Waals surface area contributed by atoms with Crippen molar-refractivity contribution >= 4 is 17.5 Å². The number of halogens is 3. The Morgan fingerprint density at radius 1 is 0.926 bits per heavy atom. The molecule has 0 radical (unpaired) electrons. The van der Waals surface area contributed by atoms with Crippen LogP contribution in [0.2, 0.25) is 0 Å². The molecule has 7 heteroatoms. The van der Waals surface area contributed by atoms with Crippen molar-refractivity contribution in [1.82, 2.24) is 9.97 Å². The van der Waals surface area contributed by atoms with E-state index in [0.29, 0.717) is 18.1 Å². The lowest BCUT2D eigenvalue weighted by Gasteiger charge is -2.15. The maximum absolute atomic E-state index is 13.2. The number of benzene rings is 2. The molecule has 0 atom stereocenters. The smallest absolute Gasteiger partial charge is 0.366 e. The summed E-state index contributed by atoms with van der Waals surface area (Å²) in [4.78, 5) is 8.49. The van der Waals surface area contributed by atoms with Gasteiger partial charge in [0.2, 0.25) is 5.95 Å². The second-order valence-corrected chi connectivity index (χ2v) is 6.17. The van der Waals surface area contributed by atoms with Crippen LogP contribution in [-0.4, -0.2) is 9.97 Å². The van der Waals surface area contributed by atoms with Gasteiger partial charge in [0, 0.05) is 18.3 Å². The Morgan fingerprint density at radius 3 is 2.37 bits per heavy atom. The van der Waals surface area contributed by atoms with Gasteiger partial charge in [-0.3, -0.25) is 0 Å². The maximum Gasteiger partial charge on any atom is 0.418 e. The summed E-state index contributed by atoms with van der Waals surface area (Å²) in [7, 11) is 0. The van der Waals surface area contributed by atoms with E-state index in [9.17, 15) is 13.2 Å². The Hall–Kier alpha value is -3.09. The molecule has 0 saturated carbocycles. The first kappa shape index (κ1) is 18.7. The molecule has 0 spiro atoms. The minimum absolute atomic E-state index is 0.0829. The van der Waals surface area contributed by atoms with E-state index in [0.717, 1.165) is 17.2 Å². The first-order chi connectivity index (χ1) is 12.8. The van der Waals surface area contributed by atoms with Crippen molar-refractivity contribution in [3.8, 4) is 0 Å². The molecule has 0 aliphatic rings. The molecule has 0 unspecified atom stereocenters. The summed E-state index contributed by atoms with van der Waals surface area (Å²) in [6.45, 7) is 4.34. The SMILES string of the molecule is Cc1cc(NCc2ccccc2C)nc(Nc2ccccc2C(F)(F)F)n1. The zero-order valence-corrected chi connectivity index (χ0v) is 14.9. The number of nitrogens with zero attached hydrogens (tertiary/aromatic N) is 2. The van der Waals surface area contributed by atoms with Gasteiger partial charge in [0.1, 0.15) is 5.82 Å². The summed E-state index contributed by atoms with van der Waals surface area (Å²) in [5.41, 5.74) is 2.06. The minimum Gasteiger partial charge on any atom is -0.366 e. The van der Waals surface area contributed by atoms with Gasteiger partial charge in [-0.25, -0.2) is 4.98 Å². The van der Waals surface area contributed by atoms with E-state index in [4.69, 9.17) is 0 Å². The summed E-state index contributed by atoms with van der Waals surface area (Å²) < 4.78 is 39.5. The van der Waals surface area contributed by atoms with Crippen LogP contribution < -0.4 is 10.6 Å². The van der Waals surface area contributed by atoms with Gasteiger partial charge < -0.3 is 10.6 Å². The molecule has 0 aliphatic carbocycles. The molecule has 27 heavy (non-hydrogen) atoms. The molecule has 0 saturated heterocycles. The molecule has 3 rings (SSSR count). The van der Waals surface area contributed by atoms with Crippen LogP contribution in [0.1, 0.15) is 22.4 Å². The number of hydrogen-bond donors (Lipinski definition) is 2. The van der Waals surface area contributed by atoms with Crippen LogP contribution in [0.25, 0.3) is 0 Å². The van der Waals surface area contributed by atoms with Crippen molar-refractivity contribution < 1.29 is 13.2 Å². The molecule has 1 heterocycles. The quantitative estimate of drug-likeness (QED) is 0.624. The minimum atomic E-state index is -4.46. The van der Waals surface area contributed by atoms with Crippen molar-refractivity contribution in [3.05, 3.63) is 77.0 Å². The fraction of sp³-hybridized carbons (Fsp3) is 0.200. The van der Waals surface area contributed by atoms with E-state index in [2.05, 4.69) is 20.6 Å². The zero-order chi connectivity index (χ0) is 19.4. The first-order valence-corrected chi connectivity index (χ1v) is 8.40. The molecule has 3 aromatic rings. The van der Waals surface area contributed by atoms with Gasteiger partial charge in [-0.1, -0.05) is 36.4 Å². The predicted octanol–water partition coefficient (Wildman–Crippen LogP) is 5.47. The fourth-order valence-corrected chi connectivity index (χ4v) is 2.67. The molecular weight excluding hydrogens is 353 g/mol. The largest absolute Gasteiger partial charge is 0.418 e. The molecule has 1 aromatic heterocycles. The van der Waals surface area contributed by atoms with E-state index in [1.807, 2.05) is 31.2 Å². The number of hydrogen-bond acceptors (Lipinski definition) is 4. The average molecular weight is 372 g/mol. The third-order valence-electron chi connectivity index (χ3n) is 4.05.